The Bertz CT molecular complexity index is 1650. The summed E-state index contributed by atoms with van der Waals surface area (Å²) in [7, 11) is -3.64. The summed E-state index contributed by atoms with van der Waals surface area (Å²) in [6.45, 7) is 4.24. The molecule has 0 amide bonds. The molecule has 9 nitrogen and oxygen atoms in total. The number of anilines is 1. The Morgan fingerprint density at radius 2 is 1.89 bits per heavy atom. The number of fused-ring (bicyclic) bond motifs is 1. The fraction of sp³-hybridized carbons (Fsp3) is 0.296. The van der Waals surface area contributed by atoms with Crippen molar-refractivity contribution in [3.05, 3.63) is 72.4 Å². The molecule has 2 aliphatic rings. The van der Waals surface area contributed by atoms with Crippen LogP contribution in [0, 0.1) is 17.1 Å². The van der Waals surface area contributed by atoms with E-state index in [1.54, 1.807) is 16.9 Å². The number of benzene rings is 1. The Morgan fingerprint density at radius 1 is 1.13 bits per heavy atom. The average Bonchev–Trinajstić information content (AvgIpc) is 3.48. The van der Waals surface area contributed by atoms with Crippen molar-refractivity contribution in [3.8, 4) is 22.9 Å². The van der Waals surface area contributed by atoms with Crippen LogP contribution in [-0.4, -0.2) is 59.1 Å². The summed E-state index contributed by atoms with van der Waals surface area (Å²) in [5.74, 6) is 0.999. The van der Waals surface area contributed by atoms with Crippen LogP contribution in [0.2, 0.25) is 0 Å². The number of rotatable bonds is 6. The summed E-state index contributed by atoms with van der Waals surface area (Å²) in [6.07, 6.45) is 6.45. The van der Waals surface area contributed by atoms with Crippen LogP contribution in [0.4, 0.5) is 10.2 Å². The maximum atomic E-state index is 13.3. The van der Waals surface area contributed by atoms with Crippen LogP contribution >= 0.6 is 0 Å². The number of ether oxygens (including phenoxy) is 1. The van der Waals surface area contributed by atoms with Crippen molar-refractivity contribution >= 4 is 21.4 Å². The van der Waals surface area contributed by atoms with Gasteiger partial charge in [-0.05, 0) is 62.2 Å². The van der Waals surface area contributed by atoms with Gasteiger partial charge in [-0.1, -0.05) is 0 Å². The first kappa shape index (κ1) is 24.3. The minimum Gasteiger partial charge on any atom is -0.492 e. The van der Waals surface area contributed by atoms with E-state index in [0.29, 0.717) is 55.9 Å². The van der Waals surface area contributed by atoms with Crippen molar-refractivity contribution in [2.75, 3.05) is 31.1 Å². The van der Waals surface area contributed by atoms with Crippen LogP contribution in [0.3, 0.4) is 0 Å². The zero-order chi connectivity index (χ0) is 26.5. The molecule has 4 aromatic rings. The SMILES string of the molecule is CCOc1cc(-c2ccc(N3CCC4(CC3)CN4S(=O)(=O)c3ccc(F)cc3)nc2)c2c(C#N)cnn2c1. The van der Waals surface area contributed by atoms with Gasteiger partial charge in [-0.25, -0.2) is 22.3 Å². The second-order valence-electron chi connectivity index (χ2n) is 9.57. The molecular weight excluding hydrogens is 507 g/mol. The van der Waals surface area contributed by atoms with Crippen molar-refractivity contribution in [2.24, 2.45) is 0 Å². The first-order valence-corrected chi connectivity index (χ1v) is 13.8. The molecule has 38 heavy (non-hydrogen) atoms. The fourth-order valence-corrected chi connectivity index (χ4v) is 7.08. The number of pyridine rings is 2. The van der Waals surface area contributed by atoms with Gasteiger partial charge in [-0.2, -0.15) is 14.7 Å². The summed E-state index contributed by atoms with van der Waals surface area (Å²) in [4.78, 5) is 6.97. The molecule has 194 valence electrons. The second-order valence-corrected chi connectivity index (χ2v) is 11.4. The molecule has 6 rings (SSSR count). The Balaban J connectivity index is 1.19. The van der Waals surface area contributed by atoms with Gasteiger partial charge in [-0.15, -0.1) is 0 Å². The number of nitrogens with zero attached hydrogens (tertiary/aromatic N) is 6. The van der Waals surface area contributed by atoms with Gasteiger partial charge in [-0.3, -0.25) is 0 Å². The van der Waals surface area contributed by atoms with E-state index in [4.69, 9.17) is 9.72 Å². The predicted molar refractivity (Wildman–Crippen MR) is 139 cm³/mol. The third-order valence-electron chi connectivity index (χ3n) is 7.36. The molecule has 1 aromatic carbocycles. The van der Waals surface area contributed by atoms with Gasteiger partial charge in [0, 0.05) is 37.0 Å². The highest BCUT2D eigenvalue weighted by atomic mass is 32.2. The van der Waals surface area contributed by atoms with Gasteiger partial charge in [0.05, 0.1) is 40.5 Å². The number of piperidine rings is 1. The van der Waals surface area contributed by atoms with E-state index in [1.807, 2.05) is 25.1 Å². The smallest absolute Gasteiger partial charge is 0.243 e. The van der Waals surface area contributed by atoms with Gasteiger partial charge < -0.3 is 9.64 Å². The molecule has 0 radical (unpaired) electrons. The largest absolute Gasteiger partial charge is 0.492 e. The zero-order valence-electron chi connectivity index (χ0n) is 20.7. The average molecular weight is 533 g/mol. The first-order valence-electron chi connectivity index (χ1n) is 12.4. The first-order chi connectivity index (χ1) is 18.3. The lowest BCUT2D eigenvalue weighted by molar-refractivity contribution is 0.338. The quantitative estimate of drug-likeness (QED) is 0.348. The zero-order valence-corrected chi connectivity index (χ0v) is 21.5. The molecule has 2 fully saturated rings. The van der Waals surface area contributed by atoms with E-state index in [9.17, 15) is 18.1 Å². The van der Waals surface area contributed by atoms with E-state index in [2.05, 4.69) is 16.1 Å². The molecule has 0 N–H and O–H groups in total. The van der Waals surface area contributed by atoms with Crippen molar-refractivity contribution in [2.45, 2.75) is 30.2 Å². The third-order valence-corrected chi connectivity index (χ3v) is 9.32. The van der Waals surface area contributed by atoms with Crippen LogP contribution < -0.4 is 9.64 Å². The second kappa shape index (κ2) is 9.08. The molecule has 2 saturated heterocycles. The van der Waals surface area contributed by atoms with Gasteiger partial charge in [0.1, 0.15) is 23.5 Å². The number of hydrogen-bond acceptors (Lipinski definition) is 7. The van der Waals surface area contributed by atoms with Crippen LogP contribution in [0.5, 0.6) is 5.75 Å². The molecule has 11 heteroatoms. The molecule has 1 atom stereocenters. The Kier molecular flexibility index (Phi) is 5.81. The topological polar surface area (TPSA) is 104 Å². The summed E-state index contributed by atoms with van der Waals surface area (Å²) < 4.78 is 48.2. The number of hydrogen-bond donors (Lipinski definition) is 0. The van der Waals surface area contributed by atoms with Crippen molar-refractivity contribution in [3.63, 3.8) is 0 Å². The lowest BCUT2D eigenvalue weighted by atomic mass is 9.97. The highest BCUT2D eigenvalue weighted by molar-refractivity contribution is 7.89. The van der Waals surface area contributed by atoms with Crippen molar-refractivity contribution < 1.29 is 17.5 Å². The van der Waals surface area contributed by atoms with E-state index >= 15 is 0 Å². The van der Waals surface area contributed by atoms with Gasteiger partial charge in [0.25, 0.3) is 0 Å². The molecule has 2 aliphatic heterocycles. The molecule has 0 saturated carbocycles. The summed E-state index contributed by atoms with van der Waals surface area (Å²) in [6, 6.07) is 13.0. The molecule has 0 bridgehead atoms. The van der Waals surface area contributed by atoms with E-state index in [1.165, 1.54) is 34.8 Å². The lowest BCUT2D eigenvalue weighted by Gasteiger charge is -2.33. The number of halogens is 1. The standard InChI is InChI=1S/C27H25FN6O3S/c1-2-37-22-13-24(26-20(14-29)16-31-33(26)17-22)19-3-8-25(30-15-19)32-11-9-27(10-12-32)18-34(27)38(35,36)23-6-4-21(28)5-7-23/h3-8,13,15-17H,2,9-12,18H2,1H3. The molecular formula is C27H25FN6O3S. The summed E-state index contributed by atoms with van der Waals surface area (Å²) in [5, 5.41) is 13.9. The molecule has 3 aromatic heterocycles. The summed E-state index contributed by atoms with van der Waals surface area (Å²) >= 11 is 0. The van der Waals surface area contributed by atoms with E-state index in [-0.39, 0.29) is 10.4 Å². The molecule has 1 spiro atoms. The Hall–Kier alpha value is -4.01. The minimum atomic E-state index is -3.64. The lowest BCUT2D eigenvalue weighted by Crippen LogP contribution is -2.40. The number of aromatic nitrogens is 3. The maximum Gasteiger partial charge on any atom is 0.243 e. The number of nitriles is 1. The van der Waals surface area contributed by atoms with Crippen molar-refractivity contribution in [1.82, 2.24) is 18.9 Å². The maximum absolute atomic E-state index is 13.3. The van der Waals surface area contributed by atoms with Gasteiger partial charge in [0.15, 0.2) is 0 Å². The monoisotopic (exact) mass is 532 g/mol. The van der Waals surface area contributed by atoms with Crippen LogP contribution in [-0.2, 0) is 10.0 Å². The normalized spacial score (nSPS) is 18.4. The fourth-order valence-electron chi connectivity index (χ4n) is 5.24. The molecule has 0 aliphatic carbocycles. The van der Waals surface area contributed by atoms with E-state index in [0.717, 1.165) is 16.9 Å². The Morgan fingerprint density at radius 3 is 2.55 bits per heavy atom. The molecule has 1 unspecified atom stereocenters. The highest BCUT2D eigenvalue weighted by Gasteiger charge is 2.59. The van der Waals surface area contributed by atoms with Crippen LogP contribution in [0.15, 0.2) is 66.0 Å². The minimum absolute atomic E-state index is 0.121. The van der Waals surface area contributed by atoms with Gasteiger partial charge >= 0.3 is 0 Å². The van der Waals surface area contributed by atoms with Crippen molar-refractivity contribution in [1.29, 1.82) is 5.26 Å². The third kappa shape index (κ3) is 4.06. The predicted octanol–water partition coefficient (Wildman–Crippen LogP) is 3.85. The Labute approximate surface area is 219 Å². The molecule has 5 heterocycles. The van der Waals surface area contributed by atoms with Crippen LogP contribution in [0.25, 0.3) is 16.6 Å². The van der Waals surface area contributed by atoms with E-state index < -0.39 is 15.8 Å². The highest BCUT2D eigenvalue weighted by Crippen LogP contribution is 2.46. The van der Waals surface area contributed by atoms with Crippen LogP contribution in [0.1, 0.15) is 25.3 Å². The summed E-state index contributed by atoms with van der Waals surface area (Å²) in [5.41, 5.74) is 2.43. The van der Waals surface area contributed by atoms with Gasteiger partial charge in [0.2, 0.25) is 10.0 Å². The number of sulfonamides is 1.